The van der Waals surface area contributed by atoms with Gasteiger partial charge in [-0.3, -0.25) is 0 Å². The average Bonchev–Trinajstić information content (AvgIpc) is 2.29. The predicted octanol–water partition coefficient (Wildman–Crippen LogP) is 0.963. The summed E-state index contributed by atoms with van der Waals surface area (Å²) >= 11 is 0. The van der Waals surface area contributed by atoms with Gasteiger partial charge in [-0.05, 0) is 13.3 Å². The van der Waals surface area contributed by atoms with Crippen LogP contribution in [0.1, 0.15) is 13.3 Å². The fourth-order valence-electron chi connectivity index (χ4n) is 1.48. The van der Waals surface area contributed by atoms with Crippen LogP contribution in [0, 0.1) is 0 Å². The zero-order valence-corrected chi connectivity index (χ0v) is 10.7. The molecule has 0 aromatic carbocycles. The van der Waals surface area contributed by atoms with Gasteiger partial charge in [-0.2, -0.15) is 9.97 Å². The summed E-state index contributed by atoms with van der Waals surface area (Å²) in [5.74, 6) is 1.87. The van der Waals surface area contributed by atoms with Gasteiger partial charge < -0.3 is 20.7 Å². The van der Waals surface area contributed by atoms with Crippen LogP contribution in [0.2, 0.25) is 0 Å². The smallest absolute Gasteiger partial charge is 0.223 e. The molecule has 96 valence electrons. The number of anilines is 3. The van der Waals surface area contributed by atoms with E-state index in [1.807, 2.05) is 24.9 Å². The van der Waals surface area contributed by atoms with Gasteiger partial charge in [0.05, 0.1) is 0 Å². The lowest BCUT2D eigenvalue weighted by atomic mass is 10.4. The van der Waals surface area contributed by atoms with Crippen LogP contribution in [0.25, 0.3) is 0 Å². The largest absolute Gasteiger partial charge is 0.385 e. The first-order chi connectivity index (χ1) is 8.17. The number of rotatable bonds is 7. The maximum atomic E-state index is 5.67. The fourth-order valence-corrected chi connectivity index (χ4v) is 1.48. The molecule has 3 N–H and O–H groups in total. The van der Waals surface area contributed by atoms with E-state index in [-0.39, 0.29) is 5.95 Å². The molecule has 0 aliphatic carbocycles. The van der Waals surface area contributed by atoms with E-state index in [0.29, 0.717) is 0 Å². The third-order valence-corrected chi connectivity index (χ3v) is 2.32. The Morgan fingerprint density at radius 3 is 2.88 bits per heavy atom. The summed E-state index contributed by atoms with van der Waals surface area (Å²) in [5, 5.41) is 3.13. The number of methoxy groups -OCH3 is 1. The Morgan fingerprint density at radius 1 is 1.47 bits per heavy atom. The summed E-state index contributed by atoms with van der Waals surface area (Å²) in [7, 11) is 3.68. The van der Waals surface area contributed by atoms with Crippen LogP contribution in [0.5, 0.6) is 0 Å². The van der Waals surface area contributed by atoms with E-state index >= 15 is 0 Å². The van der Waals surface area contributed by atoms with Crippen molar-refractivity contribution in [3.63, 3.8) is 0 Å². The van der Waals surface area contributed by atoms with E-state index in [0.717, 1.165) is 37.8 Å². The van der Waals surface area contributed by atoms with Crippen molar-refractivity contribution >= 4 is 17.6 Å². The summed E-state index contributed by atoms with van der Waals surface area (Å²) in [4.78, 5) is 10.4. The van der Waals surface area contributed by atoms with Crippen LogP contribution in [0.3, 0.4) is 0 Å². The summed E-state index contributed by atoms with van der Waals surface area (Å²) in [6.45, 7) is 4.43. The van der Waals surface area contributed by atoms with Gasteiger partial charge in [0.1, 0.15) is 11.6 Å². The molecule has 0 aliphatic rings. The van der Waals surface area contributed by atoms with Crippen molar-refractivity contribution in [2.45, 2.75) is 13.3 Å². The highest BCUT2D eigenvalue weighted by atomic mass is 16.5. The maximum absolute atomic E-state index is 5.67. The number of aromatic nitrogens is 2. The number of nitrogens with one attached hydrogen (secondary N) is 1. The third-order valence-electron chi connectivity index (χ3n) is 2.32. The van der Waals surface area contributed by atoms with E-state index in [1.54, 1.807) is 7.11 Å². The lowest BCUT2D eigenvalue weighted by Gasteiger charge is -2.18. The minimum atomic E-state index is 0.289. The van der Waals surface area contributed by atoms with E-state index < -0.39 is 0 Å². The van der Waals surface area contributed by atoms with Gasteiger partial charge in [0.15, 0.2) is 0 Å². The first-order valence-electron chi connectivity index (χ1n) is 5.76. The molecule has 0 saturated heterocycles. The second-order valence-electron chi connectivity index (χ2n) is 3.77. The molecule has 0 fully saturated rings. The number of hydrogen-bond acceptors (Lipinski definition) is 6. The van der Waals surface area contributed by atoms with Crippen LogP contribution in [-0.4, -0.2) is 43.8 Å². The van der Waals surface area contributed by atoms with Crippen molar-refractivity contribution in [1.29, 1.82) is 0 Å². The molecule has 0 spiro atoms. The van der Waals surface area contributed by atoms with Gasteiger partial charge in [0.2, 0.25) is 5.95 Å². The molecule has 0 bridgehead atoms. The lowest BCUT2D eigenvalue weighted by Crippen LogP contribution is -2.21. The molecule has 1 rings (SSSR count). The number of nitrogen functional groups attached to an aromatic ring is 1. The van der Waals surface area contributed by atoms with E-state index in [1.165, 1.54) is 0 Å². The van der Waals surface area contributed by atoms with Crippen molar-refractivity contribution < 1.29 is 4.74 Å². The Morgan fingerprint density at radius 2 is 2.24 bits per heavy atom. The SMILES string of the molecule is CCNc1cc(N(C)CCCOC)nc(N)n1. The van der Waals surface area contributed by atoms with Crippen LogP contribution >= 0.6 is 0 Å². The summed E-state index contributed by atoms with van der Waals surface area (Å²) < 4.78 is 5.02. The lowest BCUT2D eigenvalue weighted by molar-refractivity contribution is 0.196. The molecule has 0 aliphatic heterocycles. The first kappa shape index (κ1) is 13.5. The van der Waals surface area contributed by atoms with Crippen molar-refractivity contribution in [2.75, 3.05) is 49.8 Å². The van der Waals surface area contributed by atoms with E-state index in [9.17, 15) is 0 Å². The third kappa shape index (κ3) is 4.44. The minimum Gasteiger partial charge on any atom is -0.385 e. The summed E-state index contributed by atoms with van der Waals surface area (Å²) in [5.41, 5.74) is 5.67. The molecule has 17 heavy (non-hydrogen) atoms. The monoisotopic (exact) mass is 239 g/mol. The second-order valence-corrected chi connectivity index (χ2v) is 3.77. The molecule has 0 saturated carbocycles. The summed E-state index contributed by atoms with van der Waals surface area (Å²) in [6.07, 6.45) is 0.952. The second kappa shape index (κ2) is 6.90. The highest BCUT2D eigenvalue weighted by Crippen LogP contribution is 2.15. The Kier molecular flexibility index (Phi) is 5.48. The molecule has 6 heteroatoms. The van der Waals surface area contributed by atoms with Gasteiger partial charge in [-0.25, -0.2) is 0 Å². The molecular formula is C11H21N5O. The van der Waals surface area contributed by atoms with Crippen LogP contribution in [0.4, 0.5) is 17.6 Å². The zero-order chi connectivity index (χ0) is 12.7. The predicted molar refractivity (Wildman–Crippen MR) is 70.4 cm³/mol. The highest BCUT2D eigenvalue weighted by molar-refractivity contribution is 5.52. The Bertz CT molecular complexity index is 345. The van der Waals surface area contributed by atoms with Gasteiger partial charge in [0, 0.05) is 39.9 Å². The number of nitrogens with zero attached hydrogens (tertiary/aromatic N) is 3. The van der Waals surface area contributed by atoms with Crippen molar-refractivity contribution in [3.05, 3.63) is 6.07 Å². The van der Waals surface area contributed by atoms with Gasteiger partial charge >= 0.3 is 0 Å². The van der Waals surface area contributed by atoms with Crippen LogP contribution in [-0.2, 0) is 4.74 Å². The van der Waals surface area contributed by atoms with Gasteiger partial charge in [0.25, 0.3) is 0 Å². The zero-order valence-electron chi connectivity index (χ0n) is 10.7. The maximum Gasteiger partial charge on any atom is 0.223 e. The van der Waals surface area contributed by atoms with Gasteiger partial charge in [-0.1, -0.05) is 0 Å². The van der Waals surface area contributed by atoms with Crippen molar-refractivity contribution in [2.24, 2.45) is 0 Å². The number of ether oxygens (including phenoxy) is 1. The molecule has 6 nitrogen and oxygen atoms in total. The standard InChI is InChI=1S/C11H21N5O/c1-4-13-9-8-10(15-11(12)14-9)16(2)6-5-7-17-3/h8H,4-7H2,1-3H3,(H3,12,13,14,15). The molecule has 0 radical (unpaired) electrons. The highest BCUT2D eigenvalue weighted by Gasteiger charge is 2.06. The average molecular weight is 239 g/mol. The van der Waals surface area contributed by atoms with E-state index in [2.05, 4.69) is 15.3 Å². The molecule has 0 atom stereocenters. The summed E-state index contributed by atoms with van der Waals surface area (Å²) in [6, 6.07) is 1.90. The van der Waals surface area contributed by atoms with Gasteiger partial charge in [-0.15, -0.1) is 0 Å². The van der Waals surface area contributed by atoms with Crippen molar-refractivity contribution in [1.82, 2.24) is 9.97 Å². The Labute approximate surface area is 102 Å². The van der Waals surface area contributed by atoms with Crippen LogP contribution in [0.15, 0.2) is 6.07 Å². The first-order valence-corrected chi connectivity index (χ1v) is 5.76. The molecule has 1 aromatic rings. The molecule has 0 amide bonds. The van der Waals surface area contributed by atoms with Crippen molar-refractivity contribution in [3.8, 4) is 0 Å². The topological polar surface area (TPSA) is 76.3 Å². The number of nitrogens with two attached hydrogens (primary N) is 1. The Balaban J connectivity index is 2.67. The minimum absolute atomic E-state index is 0.289. The quantitative estimate of drug-likeness (QED) is 0.690. The normalized spacial score (nSPS) is 10.3. The Hall–Kier alpha value is -1.56. The molecule has 0 unspecified atom stereocenters. The fraction of sp³-hybridized carbons (Fsp3) is 0.636. The van der Waals surface area contributed by atoms with Crippen LogP contribution < -0.4 is 16.0 Å². The van der Waals surface area contributed by atoms with E-state index in [4.69, 9.17) is 10.5 Å². The number of hydrogen-bond donors (Lipinski definition) is 2. The molecule has 1 heterocycles. The molecule has 1 aromatic heterocycles. The molecular weight excluding hydrogens is 218 g/mol.